The first-order valence-electron chi connectivity index (χ1n) is 5.85. The molecule has 1 nitrogen and oxygen atoms in total. The van der Waals surface area contributed by atoms with Gasteiger partial charge in [0.1, 0.15) is 0 Å². The smallest absolute Gasteiger partial charge is 0.299 e. The van der Waals surface area contributed by atoms with Crippen molar-refractivity contribution in [2.45, 2.75) is 25.8 Å². The van der Waals surface area contributed by atoms with Gasteiger partial charge in [0.2, 0.25) is 0 Å². The normalized spacial score (nSPS) is 17.4. The van der Waals surface area contributed by atoms with Crippen molar-refractivity contribution >= 4 is 12.7 Å². The average molecular weight is 223 g/mol. The van der Waals surface area contributed by atoms with Crippen molar-refractivity contribution in [1.82, 2.24) is 4.90 Å². The molecular formula is C12H16BF2N. The number of likely N-dealkylation sites (tertiary alicyclic amines) is 1. The summed E-state index contributed by atoms with van der Waals surface area (Å²) in [5.74, 6) is 0. The number of hydrogen-bond acceptors (Lipinski definition) is 1. The van der Waals surface area contributed by atoms with E-state index in [1.165, 1.54) is 31.4 Å². The van der Waals surface area contributed by atoms with Crippen molar-refractivity contribution in [3.8, 4) is 0 Å². The molecule has 16 heavy (non-hydrogen) atoms. The minimum Gasteiger partial charge on any atom is -0.299 e. The van der Waals surface area contributed by atoms with E-state index in [4.69, 9.17) is 0 Å². The van der Waals surface area contributed by atoms with Crippen LogP contribution in [0.5, 0.6) is 0 Å². The van der Waals surface area contributed by atoms with Crippen LogP contribution in [0.25, 0.3) is 0 Å². The number of rotatable bonds is 3. The number of halogens is 2. The van der Waals surface area contributed by atoms with Gasteiger partial charge in [-0.05, 0) is 37.0 Å². The molecule has 0 N–H and O–H groups in total. The summed E-state index contributed by atoms with van der Waals surface area (Å²) in [5, 5.41) is 0. The number of hydrogen-bond donors (Lipinski definition) is 0. The first kappa shape index (κ1) is 11.6. The van der Waals surface area contributed by atoms with Crippen LogP contribution < -0.4 is 5.46 Å². The first-order valence-corrected chi connectivity index (χ1v) is 5.85. The molecule has 0 bridgehead atoms. The van der Waals surface area contributed by atoms with E-state index in [2.05, 4.69) is 4.90 Å². The van der Waals surface area contributed by atoms with Gasteiger partial charge < -0.3 is 0 Å². The zero-order chi connectivity index (χ0) is 11.4. The summed E-state index contributed by atoms with van der Waals surface area (Å²) >= 11 is 0. The molecule has 1 saturated heterocycles. The van der Waals surface area contributed by atoms with E-state index in [0.717, 1.165) is 25.2 Å². The molecule has 4 heteroatoms. The Hall–Kier alpha value is -0.895. The summed E-state index contributed by atoms with van der Waals surface area (Å²) in [6.07, 6.45) is 3.84. The molecule has 86 valence electrons. The Balaban J connectivity index is 1.93. The number of benzene rings is 1. The van der Waals surface area contributed by atoms with Crippen molar-refractivity contribution < 1.29 is 8.63 Å². The highest BCUT2D eigenvalue weighted by Crippen LogP contribution is 2.12. The van der Waals surface area contributed by atoms with Crippen LogP contribution in [0, 0.1) is 0 Å². The Labute approximate surface area is 95.6 Å². The predicted molar refractivity (Wildman–Crippen MR) is 63.2 cm³/mol. The SMILES string of the molecule is FB(F)c1ccc(CN2CCCCC2)cc1. The molecule has 1 fully saturated rings. The van der Waals surface area contributed by atoms with Crippen LogP contribution in [-0.2, 0) is 6.54 Å². The molecule has 1 aromatic carbocycles. The minimum atomic E-state index is -2.36. The van der Waals surface area contributed by atoms with Crippen molar-refractivity contribution in [2.24, 2.45) is 0 Å². The fraction of sp³-hybridized carbons (Fsp3) is 0.500. The minimum absolute atomic E-state index is 0.113. The molecule has 0 radical (unpaired) electrons. The van der Waals surface area contributed by atoms with E-state index in [-0.39, 0.29) is 5.46 Å². The fourth-order valence-electron chi connectivity index (χ4n) is 2.14. The number of piperidine rings is 1. The van der Waals surface area contributed by atoms with E-state index < -0.39 is 7.27 Å². The molecule has 0 spiro atoms. The molecule has 1 aromatic rings. The van der Waals surface area contributed by atoms with Crippen LogP contribution in [0.2, 0.25) is 0 Å². The third-order valence-electron chi connectivity index (χ3n) is 3.09. The molecule has 0 aromatic heterocycles. The van der Waals surface area contributed by atoms with Gasteiger partial charge in [-0.25, -0.2) is 0 Å². The zero-order valence-electron chi connectivity index (χ0n) is 9.33. The lowest BCUT2D eigenvalue weighted by Crippen LogP contribution is -2.29. The Kier molecular flexibility index (Phi) is 3.94. The van der Waals surface area contributed by atoms with E-state index >= 15 is 0 Å². The van der Waals surface area contributed by atoms with Crippen molar-refractivity contribution in [1.29, 1.82) is 0 Å². The third-order valence-corrected chi connectivity index (χ3v) is 3.09. The molecule has 1 aliphatic heterocycles. The van der Waals surface area contributed by atoms with E-state index in [0.29, 0.717) is 0 Å². The van der Waals surface area contributed by atoms with Gasteiger partial charge >= 0.3 is 7.27 Å². The molecule has 0 saturated carbocycles. The molecule has 1 aliphatic rings. The molecule has 0 unspecified atom stereocenters. The van der Waals surface area contributed by atoms with Crippen LogP contribution >= 0.6 is 0 Å². The quantitative estimate of drug-likeness (QED) is 0.710. The zero-order valence-corrected chi connectivity index (χ0v) is 9.33. The van der Waals surface area contributed by atoms with Gasteiger partial charge in [0, 0.05) is 6.54 Å². The Morgan fingerprint density at radius 1 is 1.00 bits per heavy atom. The Bertz CT molecular complexity index is 320. The van der Waals surface area contributed by atoms with Gasteiger partial charge in [-0.3, -0.25) is 13.5 Å². The molecule has 1 heterocycles. The van der Waals surface area contributed by atoms with Crippen LogP contribution in [0.3, 0.4) is 0 Å². The Morgan fingerprint density at radius 3 is 2.19 bits per heavy atom. The van der Waals surface area contributed by atoms with Crippen LogP contribution in [0.4, 0.5) is 8.63 Å². The largest absolute Gasteiger partial charge is 0.571 e. The van der Waals surface area contributed by atoms with Gasteiger partial charge in [0.15, 0.2) is 0 Å². The third kappa shape index (κ3) is 3.05. The second kappa shape index (κ2) is 5.44. The summed E-state index contributed by atoms with van der Waals surface area (Å²) in [6.45, 7) is 3.16. The van der Waals surface area contributed by atoms with Gasteiger partial charge in [-0.2, -0.15) is 0 Å². The fourth-order valence-corrected chi connectivity index (χ4v) is 2.14. The molecule has 0 aliphatic carbocycles. The lowest BCUT2D eigenvalue weighted by molar-refractivity contribution is 0.221. The van der Waals surface area contributed by atoms with Gasteiger partial charge in [0.25, 0.3) is 0 Å². The molecule has 2 rings (SSSR count). The molecule has 0 atom stereocenters. The van der Waals surface area contributed by atoms with E-state index in [1.54, 1.807) is 0 Å². The standard InChI is InChI=1S/C12H16BF2N/c14-13(15)12-6-4-11(5-7-12)10-16-8-2-1-3-9-16/h4-7H,1-3,8-10H2. The van der Waals surface area contributed by atoms with Crippen molar-refractivity contribution in [3.63, 3.8) is 0 Å². The summed E-state index contributed by atoms with van der Waals surface area (Å²) < 4.78 is 24.7. The maximum Gasteiger partial charge on any atom is 0.571 e. The maximum absolute atomic E-state index is 12.3. The van der Waals surface area contributed by atoms with Gasteiger partial charge in [0.05, 0.1) is 0 Å². The average Bonchev–Trinajstić information content (AvgIpc) is 2.31. The van der Waals surface area contributed by atoms with Gasteiger partial charge in [-0.15, -0.1) is 0 Å². The predicted octanol–water partition coefficient (Wildman–Crippen LogP) is 2.31. The van der Waals surface area contributed by atoms with E-state index in [9.17, 15) is 8.63 Å². The second-order valence-corrected chi connectivity index (χ2v) is 4.38. The summed E-state index contributed by atoms with van der Waals surface area (Å²) in [6, 6.07) is 6.69. The van der Waals surface area contributed by atoms with Crippen LogP contribution in [0.1, 0.15) is 24.8 Å². The lowest BCUT2D eigenvalue weighted by Gasteiger charge is -2.26. The lowest BCUT2D eigenvalue weighted by atomic mass is 9.85. The van der Waals surface area contributed by atoms with Crippen LogP contribution in [0.15, 0.2) is 24.3 Å². The highest BCUT2D eigenvalue weighted by molar-refractivity contribution is 6.59. The van der Waals surface area contributed by atoms with Crippen molar-refractivity contribution in [3.05, 3.63) is 29.8 Å². The highest BCUT2D eigenvalue weighted by Gasteiger charge is 2.15. The first-order chi connectivity index (χ1) is 7.75. The molecule has 0 amide bonds. The van der Waals surface area contributed by atoms with Crippen molar-refractivity contribution in [2.75, 3.05) is 13.1 Å². The summed E-state index contributed by atoms with van der Waals surface area (Å²) in [5.41, 5.74) is 1.24. The van der Waals surface area contributed by atoms with E-state index in [1.807, 2.05) is 12.1 Å². The topological polar surface area (TPSA) is 3.24 Å². The summed E-state index contributed by atoms with van der Waals surface area (Å²) in [4.78, 5) is 2.39. The monoisotopic (exact) mass is 223 g/mol. The summed E-state index contributed by atoms with van der Waals surface area (Å²) in [7, 11) is -2.36. The second-order valence-electron chi connectivity index (χ2n) is 4.38. The number of nitrogens with zero attached hydrogens (tertiary/aromatic N) is 1. The highest BCUT2D eigenvalue weighted by atomic mass is 19.2. The van der Waals surface area contributed by atoms with Crippen LogP contribution in [-0.4, -0.2) is 25.3 Å². The Morgan fingerprint density at radius 2 is 1.62 bits per heavy atom. The molecular weight excluding hydrogens is 207 g/mol. The van der Waals surface area contributed by atoms with Gasteiger partial charge in [-0.1, -0.05) is 30.7 Å². The maximum atomic E-state index is 12.3.